The highest BCUT2D eigenvalue weighted by molar-refractivity contribution is 5.82. The minimum absolute atomic E-state index is 0.135. The van der Waals surface area contributed by atoms with Gasteiger partial charge in [-0.3, -0.25) is 9.13 Å². The summed E-state index contributed by atoms with van der Waals surface area (Å²) >= 11 is 0. The Hall–Kier alpha value is -3.25. The highest BCUT2D eigenvalue weighted by Gasteiger charge is 2.22. The summed E-state index contributed by atoms with van der Waals surface area (Å²) in [6, 6.07) is 18.2. The first-order chi connectivity index (χ1) is 14.7. The van der Waals surface area contributed by atoms with Gasteiger partial charge in [0.1, 0.15) is 6.33 Å². The molecule has 6 nitrogen and oxygen atoms in total. The number of fused-ring (bicyclic) bond motifs is 1. The van der Waals surface area contributed by atoms with Crippen molar-refractivity contribution in [2.45, 2.75) is 25.8 Å². The Morgan fingerprint density at radius 1 is 1.13 bits per heavy atom. The monoisotopic (exact) mass is 399 g/mol. The number of benzene rings is 2. The van der Waals surface area contributed by atoms with Gasteiger partial charge in [-0.1, -0.05) is 24.3 Å². The summed E-state index contributed by atoms with van der Waals surface area (Å²) in [4.78, 5) is 21.7. The lowest BCUT2D eigenvalue weighted by molar-refractivity contribution is 0.273. The molecule has 2 atom stereocenters. The zero-order chi connectivity index (χ0) is 20.5. The van der Waals surface area contributed by atoms with Crippen LogP contribution in [0.15, 0.2) is 71.9 Å². The van der Waals surface area contributed by atoms with E-state index in [2.05, 4.69) is 38.9 Å². The lowest BCUT2D eigenvalue weighted by atomic mass is 9.92. The number of imidazole rings is 1. The van der Waals surface area contributed by atoms with E-state index in [-0.39, 0.29) is 11.7 Å². The van der Waals surface area contributed by atoms with Gasteiger partial charge in [0.15, 0.2) is 0 Å². The Bertz CT molecular complexity index is 1220. The van der Waals surface area contributed by atoms with Crippen LogP contribution in [0, 0.1) is 5.92 Å². The molecule has 2 aromatic heterocycles. The number of hydrogen-bond acceptors (Lipinski definition) is 4. The molecule has 2 unspecified atom stereocenters. The Balaban J connectivity index is 1.45. The average molecular weight is 399 g/mol. The van der Waals surface area contributed by atoms with Crippen molar-refractivity contribution in [1.82, 2.24) is 24.4 Å². The van der Waals surface area contributed by atoms with Crippen molar-refractivity contribution in [3.05, 3.63) is 77.6 Å². The van der Waals surface area contributed by atoms with Crippen LogP contribution in [-0.4, -0.2) is 32.2 Å². The van der Waals surface area contributed by atoms with Crippen molar-refractivity contribution in [3.8, 4) is 16.9 Å². The van der Waals surface area contributed by atoms with Crippen molar-refractivity contribution in [3.63, 3.8) is 0 Å². The van der Waals surface area contributed by atoms with Gasteiger partial charge in [0, 0.05) is 23.5 Å². The van der Waals surface area contributed by atoms with Crippen LogP contribution in [0.2, 0.25) is 0 Å². The highest BCUT2D eigenvalue weighted by Crippen LogP contribution is 2.26. The average Bonchev–Trinajstić information content (AvgIpc) is 3.23. The van der Waals surface area contributed by atoms with E-state index in [0.29, 0.717) is 11.6 Å². The largest absolute Gasteiger partial charge is 0.348 e. The van der Waals surface area contributed by atoms with Crippen LogP contribution in [0.3, 0.4) is 0 Å². The molecular weight excluding hydrogens is 374 g/mol. The molecule has 2 aromatic carbocycles. The number of nitrogens with zero attached hydrogens (tertiary/aromatic N) is 4. The second-order valence-corrected chi connectivity index (χ2v) is 8.00. The SMILES string of the molecule is CC(C1CCCNC1)n1ccc(-c2ccc3c(c2)ncn3-c2ccccc2)nc1=O. The third-order valence-electron chi connectivity index (χ3n) is 6.16. The molecule has 152 valence electrons. The number of aromatic nitrogens is 4. The van der Waals surface area contributed by atoms with Crippen molar-refractivity contribution in [2.75, 3.05) is 13.1 Å². The van der Waals surface area contributed by atoms with E-state index in [1.807, 2.05) is 55.0 Å². The molecule has 0 bridgehead atoms. The van der Waals surface area contributed by atoms with Gasteiger partial charge in [0.25, 0.3) is 0 Å². The summed E-state index contributed by atoms with van der Waals surface area (Å²) < 4.78 is 3.83. The van der Waals surface area contributed by atoms with Crippen LogP contribution in [0.5, 0.6) is 0 Å². The van der Waals surface area contributed by atoms with E-state index in [9.17, 15) is 4.79 Å². The van der Waals surface area contributed by atoms with Gasteiger partial charge in [0.2, 0.25) is 0 Å². The molecule has 30 heavy (non-hydrogen) atoms. The third kappa shape index (κ3) is 3.44. The number of para-hydroxylation sites is 1. The maximum Gasteiger partial charge on any atom is 0.348 e. The number of piperidine rings is 1. The fourth-order valence-electron chi connectivity index (χ4n) is 4.37. The quantitative estimate of drug-likeness (QED) is 0.567. The molecule has 5 rings (SSSR count). The molecule has 0 radical (unpaired) electrons. The van der Waals surface area contributed by atoms with E-state index in [0.717, 1.165) is 48.2 Å². The molecule has 1 saturated heterocycles. The number of hydrogen-bond donors (Lipinski definition) is 1. The molecule has 0 saturated carbocycles. The van der Waals surface area contributed by atoms with Crippen LogP contribution in [0.4, 0.5) is 0 Å². The molecule has 0 spiro atoms. The van der Waals surface area contributed by atoms with Gasteiger partial charge < -0.3 is 5.32 Å². The van der Waals surface area contributed by atoms with Crippen LogP contribution in [0.25, 0.3) is 28.0 Å². The molecule has 6 heteroatoms. The Morgan fingerprint density at radius 3 is 2.77 bits per heavy atom. The topological polar surface area (TPSA) is 64.7 Å². The zero-order valence-corrected chi connectivity index (χ0v) is 17.0. The fourth-order valence-corrected chi connectivity index (χ4v) is 4.37. The predicted octanol–water partition coefficient (Wildman–Crippen LogP) is 3.81. The minimum Gasteiger partial charge on any atom is -0.316 e. The van der Waals surface area contributed by atoms with Crippen molar-refractivity contribution in [2.24, 2.45) is 5.92 Å². The van der Waals surface area contributed by atoms with Crippen molar-refractivity contribution in [1.29, 1.82) is 0 Å². The van der Waals surface area contributed by atoms with Gasteiger partial charge in [-0.15, -0.1) is 0 Å². The molecule has 1 aliphatic rings. The zero-order valence-electron chi connectivity index (χ0n) is 17.0. The third-order valence-corrected chi connectivity index (χ3v) is 6.16. The van der Waals surface area contributed by atoms with Crippen molar-refractivity contribution >= 4 is 11.0 Å². The molecule has 0 aliphatic carbocycles. The maximum absolute atomic E-state index is 12.8. The molecule has 1 N–H and O–H groups in total. The predicted molar refractivity (Wildman–Crippen MR) is 119 cm³/mol. The lowest BCUT2D eigenvalue weighted by Crippen LogP contribution is -2.37. The van der Waals surface area contributed by atoms with Gasteiger partial charge in [-0.05, 0) is 69.1 Å². The van der Waals surface area contributed by atoms with Crippen LogP contribution >= 0.6 is 0 Å². The number of rotatable bonds is 4. The summed E-state index contributed by atoms with van der Waals surface area (Å²) in [5.41, 5.74) is 4.36. The van der Waals surface area contributed by atoms with Crippen LogP contribution < -0.4 is 11.0 Å². The molecule has 4 aromatic rings. The van der Waals surface area contributed by atoms with Crippen LogP contribution in [0.1, 0.15) is 25.8 Å². The smallest absolute Gasteiger partial charge is 0.316 e. The Kier molecular flexibility index (Phi) is 4.93. The summed E-state index contributed by atoms with van der Waals surface area (Å²) in [5, 5.41) is 3.43. The summed E-state index contributed by atoms with van der Waals surface area (Å²) in [6.45, 7) is 4.14. The van der Waals surface area contributed by atoms with Gasteiger partial charge in [-0.2, -0.15) is 4.98 Å². The van der Waals surface area contributed by atoms with Gasteiger partial charge >= 0.3 is 5.69 Å². The maximum atomic E-state index is 12.8. The summed E-state index contributed by atoms with van der Waals surface area (Å²) in [5.74, 6) is 0.461. The van der Waals surface area contributed by atoms with Crippen LogP contribution in [-0.2, 0) is 0 Å². The molecule has 3 heterocycles. The van der Waals surface area contributed by atoms with Gasteiger partial charge in [0.05, 0.1) is 16.7 Å². The first-order valence-corrected chi connectivity index (χ1v) is 10.5. The fraction of sp³-hybridized carbons (Fsp3) is 0.292. The first-order valence-electron chi connectivity index (χ1n) is 10.5. The van der Waals surface area contributed by atoms with E-state index < -0.39 is 0 Å². The normalized spacial score (nSPS) is 17.8. The Labute approximate surface area is 175 Å². The summed E-state index contributed by atoms with van der Waals surface area (Å²) in [7, 11) is 0. The van der Waals surface area contributed by atoms with Crippen molar-refractivity contribution < 1.29 is 0 Å². The lowest BCUT2D eigenvalue weighted by Gasteiger charge is -2.29. The second-order valence-electron chi connectivity index (χ2n) is 8.00. The number of nitrogens with one attached hydrogen (secondary N) is 1. The highest BCUT2D eigenvalue weighted by atomic mass is 16.1. The molecule has 1 aliphatic heterocycles. The van der Waals surface area contributed by atoms with E-state index >= 15 is 0 Å². The second kappa shape index (κ2) is 7.88. The van der Waals surface area contributed by atoms with E-state index in [1.54, 1.807) is 4.57 Å². The standard InChI is InChI=1S/C24H25N5O/c1-17(19-6-5-12-25-15-19)28-13-11-21(27-24(28)30)18-9-10-23-22(14-18)26-16-29(23)20-7-3-2-4-8-20/h2-4,7-11,13-14,16-17,19,25H,5-6,12,15H2,1H3. The first kappa shape index (κ1) is 18.8. The summed E-state index contributed by atoms with van der Waals surface area (Å²) in [6.07, 6.45) is 6.01. The Morgan fingerprint density at radius 2 is 2.00 bits per heavy atom. The van der Waals surface area contributed by atoms with E-state index in [4.69, 9.17) is 0 Å². The molecule has 1 fully saturated rings. The minimum atomic E-state index is -0.194. The van der Waals surface area contributed by atoms with Gasteiger partial charge in [-0.25, -0.2) is 9.78 Å². The molecular formula is C24H25N5O. The molecule has 0 amide bonds. The van der Waals surface area contributed by atoms with E-state index in [1.165, 1.54) is 0 Å².